The number of hydrogen-bond donors (Lipinski definition) is 1. The fourth-order valence-electron chi connectivity index (χ4n) is 2.69. The lowest BCUT2D eigenvalue weighted by Crippen LogP contribution is -2.08. The van der Waals surface area contributed by atoms with Gasteiger partial charge in [0.15, 0.2) is 5.78 Å². The van der Waals surface area contributed by atoms with Crippen molar-refractivity contribution in [1.82, 2.24) is 0 Å². The normalized spacial score (nSPS) is 10.7. The first-order valence-corrected chi connectivity index (χ1v) is 8.11. The molecule has 0 aliphatic carbocycles. The van der Waals surface area contributed by atoms with Crippen LogP contribution in [0.2, 0.25) is 0 Å². The average Bonchev–Trinajstić information content (AvgIpc) is 2.61. The van der Waals surface area contributed by atoms with E-state index in [4.69, 9.17) is 0 Å². The Morgan fingerprint density at radius 3 is 2.39 bits per heavy atom. The van der Waals surface area contributed by atoms with Crippen molar-refractivity contribution in [2.24, 2.45) is 0 Å². The van der Waals surface area contributed by atoms with E-state index in [9.17, 15) is 4.79 Å². The minimum atomic E-state index is 0.174. The van der Waals surface area contributed by atoms with Gasteiger partial charge in [0, 0.05) is 24.2 Å². The molecule has 0 fully saturated rings. The predicted molar refractivity (Wildman–Crippen MR) is 97.2 cm³/mol. The molecule has 0 aliphatic rings. The van der Waals surface area contributed by atoms with Crippen LogP contribution in [0.25, 0.3) is 10.8 Å². The zero-order valence-electron chi connectivity index (χ0n) is 13.4. The highest BCUT2D eigenvalue weighted by molar-refractivity contribution is 6.00. The Hall–Kier alpha value is -2.61. The van der Waals surface area contributed by atoms with E-state index >= 15 is 0 Å². The number of carbonyl (C=O) groups excluding carboxylic acids is 1. The van der Waals surface area contributed by atoms with Gasteiger partial charge in [0.1, 0.15) is 0 Å². The minimum absolute atomic E-state index is 0.174. The smallest absolute Gasteiger partial charge is 0.164 e. The minimum Gasteiger partial charge on any atom is -0.385 e. The monoisotopic (exact) mass is 303 g/mol. The van der Waals surface area contributed by atoms with Crippen LogP contribution in [-0.2, 0) is 6.42 Å². The van der Waals surface area contributed by atoms with Gasteiger partial charge in [-0.3, -0.25) is 4.79 Å². The largest absolute Gasteiger partial charge is 0.385 e. The summed E-state index contributed by atoms with van der Waals surface area (Å²) in [5, 5.41) is 5.59. The quantitative estimate of drug-likeness (QED) is 0.643. The molecular formula is C21H21NO. The number of rotatable bonds is 6. The summed E-state index contributed by atoms with van der Waals surface area (Å²) in [6.07, 6.45) is 1.54. The molecule has 0 saturated heterocycles. The van der Waals surface area contributed by atoms with Crippen molar-refractivity contribution in [2.45, 2.75) is 19.8 Å². The summed E-state index contributed by atoms with van der Waals surface area (Å²) in [7, 11) is 0. The van der Waals surface area contributed by atoms with Crippen molar-refractivity contribution < 1.29 is 4.79 Å². The van der Waals surface area contributed by atoms with Crippen LogP contribution in [0.3, 0.4) is 0 Å². The Balaban J connectivity index is 1.59. The summed E-state index contributed by atoms with van der Waals surface area (Å²) in [5.74, 6) is 0.174. The highest BCUT2D eigenvalue weighted by Gasteiger charge is 2.06. The summed E-state index contributed by atoms with van der Waals surface area (Å²) < 4.78 is 0. The molecule has 3 aromatic carbocycles. The van der Waals surface area contributed by atoms with E-state index in [1.807, 2.05) is 36.4 Å². The Morgan fingerprint density at radius 1 is 0.913 bits per heavy atom. The number of hydrogen-bond acceptors (Lipinski definition) is 2. The first-order chi connectivity index (χ1) is 11.3. The van der Waals surface area contributed by atoms with Gasteiger partial charge in [0.2, 0.25) is 0 Å². The molecule has 2 nitrogen and oxygen atoms in total. The van der Waals surface area contributed by atoms with Crippen molar-refractivity contribution in [3.63, 3.8) is 0 Å². The van der Waals surface area contributed by atoms with Crippen LogP contribution in [0.4, 0.5) is 5.69 Å². The van der Waals surface area contributed by atoms with Gasteiger partial charge < -0.3 is 5.32 Å². The Labute approximate surface area is 137 Å². The van der Waals surface area contributed by atoms with Crippen molar-refractivity contribution in [1.29, 1.82) is 0 Å². The van der Waals surface area contributed by atoms with Gasteiger partial charge in [-0.25, -0.2) is 0 Å². The van der Waals surface area contributed by atoms with E-state index in [-0.39, 0.29) is 5.78 Å². The van der Waals surface area contributed by atoms with Crippen LogP contribution in [-0.4, -0.2) is 12.3 Å². The molecule has 0 aromatic heterocycles. The SMILES string of the molecule is CCc1ccc(NCCC(=O)c2ccc3ccccc3c2)cc1. The van der Waals surface area contributed by atoms with Gasteiger partial charge >= 0.3 is 0 Å². The van der Waals surface area contributed by atoms with Gasteiger partial charge in [-0.05, 0) is 41.0 Å². The molecule has 0 radical (unpaired) electrons. The number of nitrogens with one attached hydrogen (secondary N) is 1. The molecule has 0 unspecified atom stereocenters. The first-order valence-electron chi connectivity index (χ1n) is 8.11. The first kappa shape index (κ1) is 15.3. The molecule has 0 saturated carbocycles. The second-order valence-corrected chi connectivity index (χ2v) is 5.71. The molecule has 3 aromatic rings. The van der Waals surface area contributed by atoms with Gasteiger partial charge in [0.05, 0.1) is 0 Å². The fraction of sp³-hybridized carbons (Fsp3) is 0.190. The summed E-state index contributed by atoms with van der Waals surface area (Å²) in [5.41, 5.74) is 3.17. The number of Topliss-reactive ketones (excluding diaryl/α,β-unsaturated/α-hetero) is 1. The molecule has 0 atom stereocenters. The van der Waals surface area contributed by atoms with Crippen molar-refractivity contribution in [3.05, 3.63) is 77.9 Å². The lowest BCUT2D eigenvalue weighted by Gasteiger charge is -2.07. The third kappa shape index (κ3) is 3.78. The van der Waals surface area contributed by atoms with E-state index in [1.54, 1.807) is 0 Å². The van der Waals surface area contributed by atoms with Crippen molar-refractivity contribution in [2.75, 3.05) is 11.9 Å². The maximum Gasteiger partial charge on any atom is 0.164 e. The predicted octanol–water partition coefficient (Wildman–Crippen LogP) is 5.09. The number of ketones is 1. The Bertz CT molecular complexity index is 805. The molecule has 0 bridgehead atoms. The highest BCUT2D eigenvalue weighted by Crippen LogP contribution is 2.17. The molecule has 0 spiro atoms. The molecule has 116 valence electrons. The Kier molecular flexibility index (Phi) is 4.72. The number of anilines is 1. The second-order valence-electron chi connectivity index (χ2n) is 5.71. The molecule has 3 rings (SSSR count). The molecule has 0 amide bonds. The van der Waals surface area contributed by atoms with Gasteiger partial charge in [0.25, 0.3) is 0 Å². The maximum absolute atomic E-state index is 12.3. The highest BCUT2D eigenvalue weighted by atomic mass is 16.1. The molecule has 1 N–H and O–H groups in total. The van der Waals surface area contributed by atoms with E-state index in [2.05, 4.69) is 42.6 Å². The van der Waals surface area contributed by atoms with Crippen LogP contribution in [0, 0.1) is 0 Å². The van der Waals surface area contributed by atoms with Gasteiger partial charge in [-0.15, -0.1) is 0 Å². The third-order valence-electron chi connectivity index (χ3n) is 4.11. The van der Waals surface area contributed by atoms with E-state index in [0.29, 0.717) is 13.0 Å². The summed E-state index contributed by atoms with van der Waals surface area (Å²) >= 11 is 0. The molecule has 0 aliphatic heterocycles. The summed E-state index contributed by atoms with van der Waals surface area (Å²) in [4.78, 5) is 12.3. The van der Waals surface area contributed by atoms with E-state index in [1.165, 1.54) is 5.56 Å². The number of fused-ring (bicyclic) bond motifs is 1. The van der Waals surface area contributed by atoms with Gasteiger partial charge in [-0.2, -0.15) is 0 Å². The molecular weight excluding hydrogens is 282 g/mol. The van der Waals surface area contributed by atoms with Gasteiger partial charge in [-0.1, -0.05) is 55.5 Å². The van der Waals surface area contributed by atoms with Crippen LogP contribution >= 0.6 is 0 Å². The van der Waals surface area contributed by atoms with Crippen LogP contribution in [0.1, 0.15) is 29.3 Å². The lowest BCUT2D eigenvalue weighted by atomic mass is 10.0. The number of carbonyl (C=O) groups is 1. The summed E-state index contributed by atoms with van der Waals surface area (Å²) in [6.45, 7) is 2.79. The maximum atomic E-state index is 12.3. The zero-order chi connectivity index (χ0) is 16.1. The standard InChI is InChI=1S/C21H21NO/c1-2-16-7-11-20(12-8-16)22-14-13-21(23)19-10-9-17-5-3-4-6-18(17)15-19/h3-12,15,22H,2,13-14H2,1H3. The van der Waals surface area contributed by atoms with Crippen LogP contribution in [0.5, 0.6) is 0 Å². The third-order valence-corrected chi connectivity index (χ3v) is 4.11. The molecule has 23 heavy (non-hydrogen) atoms. The molecule has 0 heterocycles. The van der Waals surface area contributed by atoms with Crippen LogP contribution < -0.4 is 5.32 Å². The second kappa shape index (κ2) is 7.10. The Morgan fingerprint density at radius 2 is 1.65 bits per heavy atom. The lowest BCUT2D eigenvalue weighted by molar-refractivity contribution is 0.0986. The number of benzene rings is 3. The molecule has 2 heteroatoms. The zero-order valence-corrected chi connectivity index (χ0v) is 13.4. The topological polar surface area (TPSA) is 29.1 Å². The van der Waals surface area contributed by atoms with Crippen molar-refractivity contribution in [3.8, 4) is 0 Å². The average molecular weight is 303 g/mol. The van der Waals surface area contributed by atoms with Crippen molar-refractivity contribution >= 4 is 22.2 Å². The fourth-order valence-corrected chi connectivity index (χ4v) is 2.69. The number of aryl methyl sites for hydroxylation is 1. The van der Waals surface area contributed by atoms with E-state index in [0.717, 1.165) is 28.4 Å². The summed E-state index contributed by atoms with van der Waals surface area (Å²) in [6, 6.07) is 22.4. The van der Waals surface area contributed by atoms with E-state index < -0.39 is 0 Å². The van der Waals surface area contributed by atoms with Crippen LogP contribution in [0.15, 0.2) is 66.7 Å².